The van der Waals surface area contributed by atoms with E-state index in [4.69, 9.17) is 4.74 Å². The van der Waals surface area contributed by atoms with E-state index in [1.54, 1.807) is 0 Å². The summed E-state index contributed by atoms with van der Waals surface area (Å²) in [5.74, 6) is 2.92. The fraction of sp³-hybridized carbons (Fsp3) is 0.724. The first-order chi connectivity index (χ1) is 17.2. The van der Waals surface area contributed by atoms with E-state index >= 15 is 0 Å². The number of nitrogens with zero attached hydrogens (tertiary/aromatic N) is 2. The maximum absolute atomic E-state index is 13.3. The quantitative estimate of drug-likeness (QED) is 0.589. The molecule has 198 valence electrons. The van der Waals surface area contributed by atoms with Crippen molar-refractivity contribution < 1.29 is 19.4 Å². The summed E-state index contributed by atoms with van der Waals surface area (Å²) in [5, 5.41) is 13.8. The number of carbonyl (C=O) groups is 2. The number of nitrogens with one attached hydrogen (secondary N) is 1. The van der Waals surface area contributed by atoms with Crippen LogP contribution in [0, 0.1) is 23.7 Å². The highest BCUT2D eigenvalue weighted by Gasteiger charge is 2.56. The summed E-state index contributed by atoms with van der Waals surface area (Å²) < 4.78 is 5.99. The molecule has 7 heteroatoms. The van der Waals surface area contributed by atoms with E-state index in [0.717, 1.165) is 70.2 Å². The van der Waals surface area contributed by atoms with Crippen molar-refractivity contribution in [3.05, 3.63) is 29.8 Å². The minimum Gasteiger partial charge on any atom is -0.494 e. The molecule has 5 fully saturated rings. The second-order valence-corrected chi connectivity index (χ2v) is 12.3. The molecular weight excluding hydrogens is 454 g/mol. The van der Waals surface area contributed by atoms with Gasteiger partial charge in [-0.3, -0.25) is 4.79 Å². The average Bonchev–Trinajstić information content (AvgIpc) is 2.82. The molecule has 0 radical (unpaired) electrons. The van der Waals surface area contributed by atoms with E-state index < -0.39 is 5.60 Å². The second-order valence-electron chi connectivity index (χ2n) is 12.3. The largest absolute Gasteiger partial charge is 0.494 e. The number of rotatable bonds is 7. The van der Waals surface area contributed by atoms with Gasteiger partial charge in [-0.2, -0.15) is 0 Å². The van der Waals surface area contributed by atoms with Gasteiger partial charge in [0, 0.05) is 37.8 Å². The van der Waals surface area contributed by atoms with Crippen LogP contribution in [0.3, 0.4) is 0 Å². The number of hydrogen-bond acceptors (Lipinski definition) is 4. The number of likely N-dealkylation sites (tertiary alicyclic amines) is 1. The third-order valence-electron chi connectivity index (χ3n) is 9.17. The summed E-state index contributed by atoms with van der Waals surface area (Å²) >= 11 is 0. The lowest BCUT2D eigenvalue weighted by molar-refractivity contribution is -0.152. The van der Waals surface area contributed by atoms with Crippen molar-refractivity contribution >= 4 is 11.9 Å². The number of carbonyl (C=O) groups excluding carboxylic acids is 2. The molecule has 2 unspecified atom stereocenters. The van der Waals surface area contributed by atoms with E-state index in [1.807, 2.05) is 55.0 Å². The molecule has 4 bridgehead atoms. The van der Waals surface area contributed by atoms with Crippen LogP contribution in [0.2, 0.25) is 0 Å². The summed E-state index contributed by atoms with van der Waals surface area (Å²) in [4.78, 5) is 29.3. The van der Waals surface area contributed by atoms with Crippen LogP contribution in [0.25, 0.3) is 0 Å². The number of urea groups is 1. The highest BCUT2D eigenvalue weighted by Crippen LogP contribution is 2.56. The lowest BCUT2D eigenvalue weighted by Crippen LogP contribution is -2.61. The van der Waals surface area contributed by atoms with Gasteiger partial charge in [0.15, 0.2) is 0 Å². The van der Waals surface area contributed by atoms with Crippen LogP contribution in [-0.2, 0) is 0 Å². The molecule has 6 rings (SSSR count). The lowest BCUT2D eigenvalue weighted by atomic mass is 9.52. The molecule has 4 saturated carbocycles. The van der Waals surface area contributed by atoms with Gasteiger partial charge in [-0.15, -0.1) is 0 Å². The molecule has 1 aliphatic heterocycles. The Bertz CT molecular complexity index is 924. The van der Waals surface area contributed by atoms with Gasteiger partial charge >= 0.3 is 6.03 Å². The first kappa shape index (κ1) is 25.4. The maximum atomic E-state index is 13.3. The molecule has 0 aromatic heterocycles. The van der Waals surface area contributed by atoms with Gasteiger partial charge in [0.25, 0.3) is 5.91 Å². The Morgan fingerprint density at radius 3 is 2.33 bits per heavy atom. The number of hydrogen-bond donors (Lipinski definition) is 2. The second kappa shape index (κ2) is 10.2. The van der Waals surface area contributed by atoms with E-state index in [9.17, 15) is 14.7 Å². The first-order valence-corrected chi connectivity index (χ1v) is 14.0. The molecule has 2 N–H and O–H groups in total. The molecule has 4 aliphatic carbocycles. The molecule has 0 spiro atoms. The Kier molecular flexibility index (Phi) is 7.21. The van der Waals surface area contributed by atoms with Crippen LogP contribution in [0.15, 0.2) is 24.3 Å². The third kappa shape index (κ3) is 5.36. The zero-order valence-electron chi connectivity index (χ0n) is 22.1. The van der Waals surface area contributed by atoms with Crippen LogP contribution >= 0.6 is 0 Å². The van der Waals surface area contributed by atoms with Gasteiger partial charge in [0.2, 0.25) is 0 Å². The van der Waals surface area contributed by atoms with Crippen molar-refractivity contribution in [1.29, 1.82) is 0 Å². The van der Waals surface area contributed by atoms with Crippen molar-refractivity contribution in [1.82, 2.24) is 15.1 Å². The Balaban J connectivity index is 1.07. The number of benzene rings is 1. The van der Waals surface area contributed by atoms with Crippen LogP contribution in [-0.4, -0.2) is 71.3 Å². The van der Waals surface area contributed by atoms with E-state index in [-0.39, 0.29) is 24.0 Å². The third-order valence-corrected chi connectivity index (χ3v) is 9.17. The van der Waals surface area contributed by atoms with Crippen molar-refractivity contribution in [2.75, 3.05) is 26.7 Å². The van der Waals surface area contributed by atoms with Crippen LogP contribution in [0.5, 0.6) is 5.75 Å². The van der Waals surface area contributed by atoms with Gasteiger partial charge in [-0.25, -0.2) is 4.79 Å². The van der Waals surface area contributed by atoms with Crippen molar-refractivity contribution in [2.24, 2.45) is 23.7 Å². The van der Waals surface area contributed by atoms with Gasteiger partial charge in [-0.05, 0) is 113 Å². The Hall–Kier alpha value is -2.28. The smallest absolute Gasteiger partial charge is 0.317 e. The summed E-state index contributed by atoms with van der Waals surface area (Å²) in [6.07, 6.45) is 7.95. The lowest BCUT2D eigenvalue weighted by Gasteiger charge is -2.59. The molecule has 7 nitrogen and oxygen atoms in total. The maximum Gasteiger partial charge on any atom is 0.317 e. The van der Waals surface area contributed by atoms with Crippen molar-refractivity contribution in [3.8, 4) is 5.75 Å². The molecule has 1 aromatic rings. The summed E-state index contributed by atoms with van der Waals surface area (Å²) in [5.41, 5.74) is 0.222. The molecular formula is C29H43N3O4. The fourth-order valence-corrected chi connectivity index (χ4v) is 7.73. The Morgan fingerprint density at radius 2 is 1.75 bits per heavy atom. The standard InChI is InChI=1S/C29H43N3O4/c1-19(2)30-28(34)32-11-8-20(9-12-32)10-13-36-25-6-4-22(5-7-25)27(33)31(3)26-23-14-21-15-24(26)18-29(35,16-21)17-23/h4-7,19-21,23-24,26,35H,8-18H2,1-3H3,(H,30,34). The average molecular weight is 498 g/mol. The topological polar surface area (TPSA) is 82.1 Å². The molecule has 36 heavy (non-hydrogen) atoms. The minimum absolute atomic E-state index is 0.0422. The zero-order chi connectivity index (χ0) is 25.4. The zero-order valence-corrected chi connectivity index (χ0v) is 22.1. The van der Waals surface area contributed by atoms with Crippen LogP contribution in [0.4, 0.5) is 4.79 Å². The van der Waals surface area contributed by atoms with Crippen molar-refractivity contribution in [3.63, 3.8) is 0 Å². The Morgan fingerprint density at radius 1 is 1.11 bits per heavy atom. The molecule has 1 heterocycles. The molecule has 2 atom stereocenters. The van der Waals surface area contributed by atoms with Gasteiger partial charge in [0.1, 0.15) is 5.75 Å². The van der Waals surface area contributed by atoms with E-state index in [0.29, 0.717) is 35.8 Å². The summed E-state index contributed by atoms with van der Waals surface area (Å²) in [6, 6.07) is 8.01. The minimum atomic E-state index is -0.477. The normalized spacial score (nSPS) is 31.5. The summed E-state index contributed by atoms with van der Waals surface area (Å²) in [6.45, 7) is 6.22. The number of piperidine rings is 1. The van der Waals surface area contributed by atoms with Crippen molar-refractivity contribution in [2.45, 2.75) is 82.9 Å². The molecule has 1 aromatic carbocycles. The van der Waals surface area contributed by atoms with Gasteiger partial charge < -0.3 is 25.0 Å². The van der Waals surface area contributed by atoms with E-state index in [1.165, 1.54) is 0 Å². The first-order valence-electron chi connectivity index (χ1n) is 14.0. The highest BCUT2D eigenvalue weighted by atomic mass is 16.5. The SMILES string of the molecule is CC(C)NC(=O)N1CCC(CCOc2ccc(C(=O)N(C)C3C4CC5CC3CC(O)(C5)C4)cc2)CC1. The molecule has 1 saturated heterocycles. The highest BCUT2D eigenvalue weighted by molar-refractivity contribution is 5.94. The van der Waals surface area contributed by atoms with Crippen LogP contribution < -0.4 is 10.1 Å². The predicted molar refractivity (Wildman–Crippen MR) is 139 cm³/mol. The Labute approximate surface area is 215 Å². The monoisotopic (exact) mass is 497 g/mol. The predicted octanol–water partition coefficient (Wildman–Crippen LogP) is 4.30. The van der Waals surface area contributed by atoms with E-state index in [2.05, 4.69) is 5.32 Å². The number of ether oxygens (including phenoxy) is 1. The fourth-order valence-electron chi connectivity index (χ4n) is 7.73. The van der Waals surface area contributed by atoms with Gasteiger partial charge in [0.05, 0.1) is 12.2 Å². The van der Waals surface area contributed by atoms with Gasteiger partial charge in [-0.1, -0.05) is 0 Å². The number of amides is 3. The number of aliphatic hydroxyl groups is 1. The molecule has 3 amide bonds. The molecule has 5 aliphatic rings. The van der Waals surface area contributed by atoms with Crippen LogP contribution in [0.1, 0.15) is 75.6 Å². The summed E-state index contributed by atoms with van der Waals surface area (Å²) in [7, 11) is 1.95.